The number of hydrogen-bond donors (Lipinski definition) is 3. The van der Waals surface area contributed by atoms with Crippen LogP contribution in [0.2, 0.25) is 0 Å². The van der Waals surface area contributed by atoms with Crippen LogP contribution in [0.1, 0.15) is 226 Å². The molecular weight excluding hydrogens is 1020 g/mol. The van der Waals surface area contributed by atoms with Crippen LogP contribution in [0.5, 0.6) is 0 Å². The summed E-state index contributed by atoms with van der Waals surface area (Å²) in [4.78, 5) is 51.2. The minimum atomic E-state index is -1.93. The third-order valence-corrected chi connectivity index (χ3v) is 13.2. The molecule has 1 fully saturated rings. The molecule has 0 aliphatic carbocycles. The number of carboxylic acids is 1. The molecule has 1 saturated heterocycles. The Morgan fingerprint density at radius 2 is 0.802 bits per heavy atom. The summed E-state index contributed by atoms with van der Waals surface area (Å²) < 4.78 is 28.3. The van der Waals surface area contributed by atoms with Crippen molar-refractivity contribution in [2.24, 2.45) is 0 Å². The minimum Gasteiger partial charge on any atom is -0.479 e. The Labute approximate surface area is 490 Å². The first-order valence-electron chi connectivity index (χ1n) is 31.2. The first-order valence-corrected chi connectivity index (χ1v) is 31.2. The lowest BCUT2D eigenvalue weighted by molar-refractivity contribution is -0.301. The lowest BCUT2D eigenvalue weighted by Crippen LogP contribution is -2.61. The van der Waals surface area contributed by atoms with Gasteiger partial charge in [0.2, 0.25) is 0 Å². The summed E-state index contributed by atoms with van der Waals surface area (Å²) in [6.45, 7) is 5.64. The number of carbonyl (C=O) groups excluding carboxylic acids is 3. The van der Waals surface area contributed by atoms with E-state index in [1.807, 2.05) is 12.2 Å². The maximum Gasteiger partial charge on any atom is 0.335 e. The van der Waals surface area contributed by atoms with Crippen molar-refractivity contribution in [3.8, 4) is 0 Å². The number of hydrogen-bond acceptors (Lipinski definition) is 11. The maximum absolute atomic E-state index is 13.1. The molecule has 12 nitrogen and oxygen atoms in total. The summed E-state index contributed by atoms with van der Waals surface area (Å²) in [6, 6.07) is 0. The molecule has 0 radical (unpaired) electrons. The first kappa shape index (κ1) is 73.9. The Morgan fingerprint density at radius 3 is 1.25 bits per heavy atom. The van der Waals surface area contributed by atoms with Crippen LogP contribution in [0.3, 0.4) is 0 Å². The van der Waals surface area contributed by atoms with E-state index in [0.717, 1.165) is 109 Å². The van der Waals surface area contributed by atoms with Gasteiger partial charge in [-0.15, -0.1) is 0 Å². The molecule has 6 unspecified atom stereocenters. The van der Waals surface area contributed by atoms with Gasteiger partial charge in [-0.2, -0.15) is 0 Å². The number of aliphatic hydroxyl groups excluding tert-OH is 2. The van der Waals surface area contributed by atoms with Gasteiger partial charge in [-0.3, -0.25) is 14.4 Å². The van der Waals surface area contributed by atoms with Gasteiger partial charge in [-0.05, 0) is 122 Å². The van der Waals surface area contributed by atoms with E-state index in [-0.39, 0.29) is 25.9 Å². The van der Waals surface area contributed by atoms with Crippen LogP contribution in [0.15, 0.2) is 134 Å². The molecule has 1 aliphatic heterocycles. The van der Waals surface area contributed by atoms with Crippen molar-refractivity contribution < 1.29 is 58.2 Å². The van der Waals surface area contributed by atoms with E-state index >= 15 is 0 Å². The molecule has 1 aliphatic rings. The fraction of sp³-hybridized carbons (Fsp3) is 0.623. The van der Waals surface area contributed by atoms with Crippen molar-refractivity contribution in [3.05, 3.63) is 134 Å². The number of aliphatic hydroxyl groups is 2. The molecule has 0 amide bonds. The van der Waals surface area contributed by atoms with Crippen LogP contribution in [0.25, 0.3) is 0 Å². The van der Waals surface area contributed by atoms with E-state index in [9.17, 15) is 34.5 Å². The predicted octanol–water partition coefficient (Wildman–Crippen LogP) is 16.6. The molecule has 0 spiro atoms. The second-order valence-electron chi connectivity index (χ2n) is 20.6. The van der Waals surface area contributed by atoms with Crippen LogP contribution >= 0.6 is 0 Å². The quantitative estimate of drug-likeness (QED) is 0.0228. The number of rotatable bonds is 51. The number of unbranched alkanes of at least 4 members (excludes halogenated alkanes) is 15. The fourth-order valence-electron chi connectivity index (χ4n) is 8.50. The van der Waals surface area contributed by atoms with E-state index < -0.39 is 67.3 Å². The van der Waals surface area contributed by atoms with E-state index in [0.29, 0.717) is 25.7 Å². The Kier molecular flexibility index (Phi) is 50.5. The SMILES string of the molecule is CC/C=C\C/C=C\C/C=C\C/C=C\C/C=C\CCCCCC(=O)OCC(COC1OC(C(=O)O)C(O)C(O)C1OC(=O)CCCCCCCCCCC/C=C\C/C=C\CCCCC)OC(=O)CC/C=C\C/C=C\C/C=C\C/C=C\CC. The highest BCUT2D eigenvalue weighted by Crippen LogP contribution is 2.26. The van der Waals surface area contributed by atoms with Crippen molar-refractivity contribution in [3.63, 3.8) is 0 Å². The largest absolute Gasteiger partial charge is 0.479 e. The summed E-state index contributed by atoms with van der Waals surface area (Å²) >= 11 is 0. The number of carbonyl (C=O) groups is 4. The zero-order chi connectivity index (χ0) is 58.9. The second-order valence-corrected chi connectivity index (χ2v) is 20.6. The van der Waals surface area contributed by atoms with Gasteiger partial charge in [0.25, 0.3) is 0 Å². The lowest BCUT2D eigenvalue weighted by Gasteiger charge is -2.40. The predicted molar refractivity (Wildman–Crippen MR) is 330 cm³/mol. The topological polar surface area (TPSA) is 175 Å². The molecule has 0 aromatic heterocycles. The molecule has 12 heteroatoms. The van der Waals surface area contributed by atoms with Gasteiger partial charge in [0.1, 0.15) is 18.8 Å². The summed E-state index contributed by atoms with van der Waals surface area (Å²) in [5, 5.41) is 31.5. The van der Waals surface area contributed by atoms with Crippen molar-refractivity contribution in [2.45, 2.75) is 263 Å². The van der Waals surface area contributed by atoms with Gasteiger partial charge in [0.15, 0.2) is 24.6 Å². The first-order chi connectivity index (χ1) is 39.6. The van der Waals surface area contributed by atoms with Crippen molar-refractivity contribution in [1.82, 2.24) is 0 Å². The van der Waals surface area contributed by atoms with Gasteiger partial charge >= 0.3 is 23.9 Å². The molecule has 6 atom stereocenters. The van der Waals surface area contributed by atoms with E-state index in [1.165, 1.54) is 51.4 Å². The molecule has 0 aromatic carbocycles. The van der Waals surface area contributed by atoms with Gasteiger partial charge in [-0.1, -0.05) is 219 Å². The van der Waals surface area contributed by atoms with Crippen molar-refractivity contribution in [1.29, 1.82) is 0 Å². The fourth-order valence-corrected chi connectivity index (χ4v) is 8.50. The van der Waals surface area contributed by atoms with E-state index in [4.69, 9.17) is 23.7 Å². The normalized spacial score (nSPS) is 18.7. The number of aliphatic carboxylic acids is 1. The van der Waals surface area contributed by atoms with Crippen molar-refractivity contribution in [2.75, 3.05) is 13.2 Å². The van der Waals surface area contributed by atoms with Crippen molar-refractivity contribution >= 4 is 23.9 Å². The van der Waals surface area contributed by atoms with Gasteiger partial charge in [0, 0.05) is 19.3 Å². The highest BCUT2D eigenvalue weighted by atomic mass is 16.7. The van der Waals surface area contributed by atoms with Gasteiger partial charge in [0.05, 0.1) is 6.61 Å². The monoisotopic (exact) mass is 1130 g/mol. The summed E-state index contributed by atoms with van der Waals surface area (Å²) in [5.74, 6) is -3.30. The number of ether oxygens (including phenoxy) is 5. The van der Waals surface area contributed by atoms with Crippen LogP contribution in [-0.4, -0.2) is 89.2 Å². The Morgan fingerprint density at radius 1 is 0.420 bits per heavy atom. The highest BCUT2D eigenvalue weighted by Gasteiger charge is 2.50. The van der Waals surface area contributed by atoms with Crippen LogP contribution in [0, 0.1) is 0 Å². The standard InChI is InChI=1S/C69H108O12/c1-4-7-10-13-16-19-22-25-27-29-31-33-35-38-40-43-46-49-52-55-61(70)77-58-60(79-62(71)56-53-50-47-44-41-37-24-21-18-15-12-9-6-3)59-78-69-67(65(74)64(73)66(81-69)68(75)76)80-63(72)57-54-51-48-45-42-39-36-34-32-30-28-26-23-20-17-14-11-8-5-2/h7,9-10,12,16-21,25-28,31,33,37-38,40-41,47,50,60,64-67,69,73-74H,4-6,8,11,13-15,22-24,29-30,32,34-36,39,42-46,48-49,51-59H2,1-3H3,(H,75,76)/b10-7-,12-9-,19-16-,20-17-,21-18-,27-25-,28-26-,33-31-,40-38-,41-37-,50-47-. The lowest BCUT2D eigenvalue weighted by atomic mass is 9.98. The number of carboxylic acid groups (broad SMARTS) is 1. The smallest absolute Gasteiger partial charge is 0.335 e. The van der Waals surface area contributed by atoms with Gasteiger partial charge in [-0.25, -0.2) is 4.79 Å². The van der Waals surface area contributed by atoms with E-state index in [1.54, 1.807) is 0 Å². The molecule has 0 aromatic rings. The van der Waals surface area contributed by atoms with E-state index in [2.05, 4.69) is 142 Å². The number of esters is 3. The molecule has 3 N–H and O–H groups in total. The summed E-state index contributed by atoms with van der Waals surface area (Å²) in [6.07, 6.45) is 65.7. The Balaban J connectivity index is 2.71. The van der Waals surface area contributed by atoms with Crippen LogP contribution in [-0.2, 0) is 42.9 Å². The molecule has 1 heterocycles. The molecule has 0 bridgehead atoms. The Bertz CT molecular complexity index is 1920. The molecule has 456 valence electrons. The maximum atomic E-state index is 13.1. The number of allylic oxidation sites excluding steroid dienone is 22. The average Bonchev–Trinajstić information content (AvgIpc) is 3.45. The molecule has 1 rings (SSSR count). The third-order valence-electron chi connectivity index (χ3n) is 13.2. The summed E-state index contributed by atoms with van der Waals surface area (Å²) in [5.41, 5.74) is 0. The zero-order valence-corrected chi connectivity index (χ0v) is 50.2. The summed E-state index contributed by atoms with van der Waals surface area (Å²) in [7, 11) is 0. The Hall–Kier alpha value is -5.14. The highest BCUT2D eigenvalue weighted by molar-refractivity contribution is 5.74. The molecule has 0 saturated carbocycles. The van der Waals surface area contributed by atoms with Crippen LogP contribution in [0.4, 0.5) is 0 Å². The molecular formula is C69H108O12. The molecule has 81 heavy (non-hydrogen) atoms. The third kappa shape index (κ3) is 45.1. The average molecular weight is 1130 g/mol. The second kappa shape index (κ2) is 55.4. The zero-order valence-electron chi connectivity index (χ0n) is 50.2. The van der Waals surface area contributed by atoms with Crippen LogP contribution < -0.4 is 0 Å². The van der Waals surface area contributed by atoms with Gasteiger partial charge < -0.3 is 39.0 Å². The minimum absolute atomic E-state index is 0.0264.